The Hall–Kier alpha value is -3.98. The minimum Gasteiger partial charge on any atom is -0.172 e. The molecule has 0 saturated heterocycles. The van der Waals surface area contributed by atoms with Gasteiger partial charge in [0.05, 0.1) is 0 Å². The van der Waals surface area contributed by atoms with Gasteiger partial charge in [-0.25, -0.2) is 0 Å². The summed E-state index contributed by atoms with van der Waals surface area (Å²) in [5, 5.41) is 0. The predicted molar refractivity (Wildman–Crippen MR) is 173 cm³/mol. The summed E-state index contributed by atoms with van der Waals surface area (Å²) >= 11 is 0. The van der Waals surface area contributed by atoms with E-state index in [1.165, 1.54) is 73.9 Å². The van der Waals surface area contributed by atoms with Gasteiger partial charge in [0.15, 0.2) is 0 Å². The van der Waals surface area contributed by atoms with Crippen LogP contribution in [0.25, 0.3) is 33.4 Å². The average Bonchev–Trinajstić information content (AvgIpc) is 3.50. The molecule has 2 aliphatic rings. The van der Waals surface area contributed by atoms with E-state index in [2.05, 4.69) is 147 Å². The number of thiol groups is 2. The zero-order valence-electron chi connectivity index (χ0n) is 22.6. The number of benzene rings is 6. The van der Waals surface area contributed by atoms with E-state index in [4.69, 9.17) is 0 Å². The second-order valence-corrected chi connectivity index (χ2v) is 15.1. The summed E-state index contributed by atoms with van der Waals surface area (Å²) in [6.07, 6.45) is 0. The Morgan fingerprint density at radius 1 is 0.350 bits per heavy atom. The second-order valence-electron chi connectivity index (χ2n) is 10.8. The van der Waals surface area contributed by atoms with Crippen molar-refractivity contribution in [3.63, 3.8) is 0 Å². The number of aryl methyl sites for hydroxylation is 2. The van der Waals surface area contributed by atoms with Gasteiger partial charge in [0.2, 0.25) is 0 Å². The summed E-state index contributed by atoms with van der Waals surface area (Å²) in [5.74, 6) is 0. The van der Waals surface area contributed by atoms with E-state index in [0.29, 0.717) is 0 Å². The molecule has 2 atom stereocenters. The summed E-state index contributed by atoms with van der Waals surface area (Å²) in [6.45, 7) is 4.34. The minimum absolute atomic E-state index is 0.578. The average molecular weight is 551 g/mol. The number of fused-ring (bicyclic) bond motifs is 6. The van der Waals surface area contributed by atoms with Crippen LogP contribution in [0.2, 0.25) is 0 Å². The number of rotatable bonds is 3. The van der Waals surface area contributed by atoms with Crippen LogP contribution in [-0.2, 0) is 0 Å². The van der Waals surface area contributed by atoms with Crippen molar-refractivity contribution in [3.05, 3.63) is 145 Å². The first-order valence-corrected chi connectivity index (χ1v) is 16.5. The molecule has 0 aromatic heterocycles. The van der Waals surface area contributed by atoms with E-state index in [1.54, 1.807) is 0 Å². The fourth-order valence-corrected chi connectivity index (χ4v) is 11.5. The van der Waals surface area contributed by atoms with Crippen LogP contribution in [-0.4, -0.2) is 0 Å². The molecule has 6 aromatic carbocycles. The highest BCUT2D eigenvalue weighted by Crippen LogP contribution is 2.64. The summed E-state index contributed by atoms with van der Waals surface area (Å²) in [4.78, 5) is 8.75. The molecule has 0 bridgehead atoms. The molecule has 0 N–H and O–H groups in total. The topological polar surface area (TPSA) is 0 Å². The summed E-state index contributed by atoms with van der Waals surface area (Å²) in [5.41, 5.74) is 10.8. The predicted octanol–water partition coefficient (Wildman–Crippen LogP) is 10.9. The van der Waals surface area contributed by atoms with E-state index in [9.17, 15) is 0 Å². The molecule has 6 aromatic rings. The smallest absolute Gasteiger partial charge is 0.00404 e. The van der Waals surface area contributed by atoms with Crippen LogP contribution in [0.3, 0.4) is 0 Å². The Bertz CT molecular complexity index is 1770. The molecule has 8 rings (SSSR count). The van der Waals surface area contributed by atoms with E-state index < -0.39 is 21.8 Å². The first-order chi connectivity index (χ1) is 19.7. The highest BCUT2D eigenvalue weighted by molar-refractivity contribution is 8.18. The van der Waals surface area contributed by atoms with Gasteiger partial charge in [-0.15, -0.1) is 0 Å². The number of hydrogen-bond acceptors (Lipinski definition) is 0. The summed E-state index contributed by atoms with van der Waals surface area (Å²) in [6, 6.07) is 50.7. The highest BCUT2D eigenvalue weighted by atomic mass is 32.2. The molecule has 40 heavy (non-hydrogen) atoms. The van der Waals surface area contributed by atoms with E-state index in [1.807, 2.05) is 0 Å². The van der Waals surface area contributed by atoms with Crippen molar-refractivity contribution in [3.8, 4) is 33.4 Å². The van der Waals surface area contributed by atoms with Gasteiger partial charge in [0, 0.05) is 19.6 Å². The lowest BCUT2D eigenvalue weighted by Gasteiger charge is -2.21. The lowest BCUT2D eigenvalue weighted by atomic mass is 9.98. The van der Waals surface area contributed by atoms with Crippen LogP contribution < -0.4 is 0 Å². The Labute approximate surface area is 242 Å². The maximum Gasteiger partial charge on any atom is 0.00404 e. The van der Waals surface area contributed by atoms with Gasteiger partial charge in [-0.05, 0) is 106 Å². The van der Waals surface area contributed by atoms with E-state index in [-0.39, 0.29) is 0 Å². The van der Waals surface area contributed by atoms with E-state index >= 15 is 0 Å². The Morgan fingerprint density at radius 3 is 1.15 bits per heavy atom. The molecule has 0 fully saturated rings. The van der Waals surface area contributed by atoms with Crippen molar-refractivity contribution in [2.45, 2.75) is 43.2 Å². The van der Waals surface area contributed by atoms with Crippen LogP contribution in [0.5, 0.6) is 0 Å². The molecule has 2 aliphatic heterocycles. The lowest BCUT2D eigenvalue weighted by Crippen LogP contribution is -1.87. The second kappa shape index (κ2) is 9.30. The van der Waals surface area contributed by atoms with Crippen LogP contribution in [0.4, 0.5) is 0 Å². The van der Waals surface area contributed by atoms with Crippen LogP contribution >= 0.6 is 21.8 Å². The first-order valence-electron chi connectivity index (χ1n) is 13.9. The molecule has 0 spiro atoms. The van der Waals surface area contributed by atoms with Gasteiger partial charge in [0.1, 0.15) is 0 Å². The molecule has 0 amide bonds. The zero-order valence-corrected chi connectivity index (χ0v) is 24.4. The molecular weight excluding hydrogens is 521 g/mol. The van der Waals surface area contributed by atoms with Gasteiger partial charge in [-0.3, -0.25) is 0 Å². The van der Waals surface area contributed by atoms with Crippen LogP contribution in [0.15, 0.2) is 163 Å². The third-order valence-corrected chi connectivity index (χ3v) is 13.3. The number of hydrogen-bond donors (Lipinski definition) is 2. The molecule has 0 radical (unpaired) electrons. The third-order valence-electron chi connectivity index (χ3n) is 8.27. The van der Waals surface area contributed by atoms with Crippen molar-refractivity contribution in [1.82, 2.24) is 0 Å². The van der Waals surface area contributed by atoms with Gasteiger partial charge in [-0.1, -0.05) is 96.1 Å². The monoisotopic (exact) mass is 550 g/mol. The van der Waals surface area contributed by atoms with Crippen LogP contribution in [0.1, 0.15) is 11.1 Å². The molecule has 2 heteroatoms. The van der Waals surface area contributed by atoms with Crippen molar-refractivity contribution in [2.75, 3.05) is 0 Å². The van der Waals surface area contributed by atoms with Gasteiger partial charge in [0.25, 0.3) is 0 Å². The van der Waals surface area contributed by atoms with Crippen LogP contribution in [0, 0.1) is 13.8 Å². The quantitative estimate of drug-likeness (QED) is 0.201. The lowest BCUT2D eigenvalue weighted by molar-refractivity contribution is 1.34. The zero-order chi connectivity index (χ0) is 26.8. The molecule has 2 unspecified atom stereocenters. The third kappa shape index (κ3) is 3.71. The Morgan fingerprint density at radius 2 is 0.725 bits per heavy atom. The first kappa shape index (κ1) is 23.9. The fraction of sp³-hybridized carbons (Fsp3) is 0.0526. The molecule has 2 heterocycles. The highest BCUT2D eigenvalue weighted by Gasteiger charge is 2.29. The van der Waals surface area contributed by atoms with Crippen molar-refractivity contribution in [2.24, 2.45) is 0 Å². The van der Waals surface area contributed by atoms with Crippen molar-refractivity contribution >= 4 is 21.8 Å². The summed E-state index contributed by atoms with van der Waals surface area (Å²) < 4.78 is 0. The standard InChI is InChI=1S/C38H30S2/c1-25-11-17-29(18-12-25)39-35-9-5-3-7-31(35)33-21-15-27(23-37(33)39)28-16-22-34-32-8-4-6-10-36(32)40(38(34)24-28)30-19-13-26(2)14-20-30/h3-24,39-40H,1-2H3. The van der Waals surface area contributed by atoms with Gasteiger partial charge >= 0.3 is 0 Å². The Balaban J connectivity index is 1.27. The maximum absolute atomic E-state index is 2.48. The van der Waals surface area contributed by atoms with E-state index in [0.717, 1.165) is 0 Å². The van der Waals surface area contributed by atoms with Gasteiger partial charge < -0.3 is 0 Å². The maximum atomic E-state index is 2.48. The van der Waals surface area contributed by atoms with Gasteiger partial charge in [-0.2, -0.15) is 21.8 Å². The largest absolute Gasteiger partial charge is 0.172 e. The normalized spacial score (nSPS) is 18.1. The summed E-state index contributed by atoms with van der Waals surface area (Å²) in [7, 11) is -1.16. The molecule has 194 valence electrons. The molecule has 0 nitrogen and oxygen atoms in total. The fourth-order valence-electron chi connectivity index (χ4n) is 6.24. The molecular formula is C38H30S2. The Kier molecular flexibility index (Phi) is 5.55. The molecule has 0 aliphatic carbocycles. The van der Waals surface area contributed by atoms with Crippen molar-refractivity contribution < 1.29 is 0 Å². The SMILES string of the molecule is Cc1ccc([SH]2c3ccccc3-c3ccc(-c4ccc5c(c4)[SH](c4ccc(C)cc4)c4ccccc4-5)cc32)cc1. The minimum atomic E-state index is -0.578. The van der Waals surface area contributed by atoms with Crippen molar-refractivity contribution in [1.29, 1.82) is 0 Å². The molecule has 0 saturated carbocycles.